The summed E-state index contributed by atoms with van der Waals surface area (Å²) in [6.07, 6.45) is 0. The van der Waals surface area contributed by atoms with E-state index in [1.807, 2.05) is 12.1 Å². The molecular formula is C15H11FIN5O. The summed E-state index contributed by atoms with van der Waals surface area (Å²) in [5.41, 5.74) is 1.16. The predicted octanol–water partition coefficient (Wildman–Crippen LogP) is 2.97. The Kier molecular flexibility index (Phi) is 4.33. The van der Waals surface area contributed by atoms with Crippen LogP contribution in [-0.2, 0) is 0 Å². The van der Waals surface area contributed by atoms with Gasteiger partial charge >= 0.3 is 0 Å². The molecule has 1 N–H and O–H groups in total. The minimum absolute atomic E-state index is 0.174. The van der Waals surface area contributed by atoms with Crippen LogP contribution in [0.1, 0.15) is 16.2 Å². The molecule has 0 aliphatic heterocycles. The van der Waals surface area contributed by atoms with Crippen LogP contribution in [0.5, 0.6) is 0 Å². The second kappa shape index (κ2) is 6.41. The topological polar surface area (TPSA) is 72.7 Å². The number of rotatable bonds is 3. The van der Waals surface area contributed by atoms with E-state index in [0.29, 0.717) is 17.1 Å². The van der Waals surface area contributed by atoms with Gasteiger partial charge in [0.1, 0.15) is 11.5 Å². The molecule has 0 aliphatic rings. The summed E-state index contributed by atoms with van der Waals surface area (Å²) in [6, 6.07) is 11.4. The summed E-state index contributed by atoms with van der Waals surface area (Å²) in [5, 5.41) is 13.7. The highest BCUT2D eigenvalue weighted by Gasteiger charge is 2.12. The van der Waals surface area contributed by atoms with E-state index in [0.717, 1.165) is 3.57 Å². The average Bonchev–Trinajstić information content (AvgIpc) is 2.96. The van der Waals surface area contributed by atoms with E-state index in [-0.39, 0.29) is 11.6 Å². The van der Waals surface area contributed by atoms with Crippen LogP contribution in [0.25, 0.3) is 5.69 Å². The van der Waals surface area contributed by atoms with Gasteiger partial charge in [0, 0.05) is 14.8 Å². The second-order valence-electron chi connectivity index (χ2n) is 4.77. The number of nitrogens with one attached hydrogen (secondary N) is 1. The van der Waals surface area contributed by atoms with E-state index in [4.69, 9.17) is 0 Å². The highest BCUT2D eigenvalue weighted by Crippen LogP contribution is 2.19. The van der Waals surface area contributed by atoms with Crippen molar-refractivity contribution in [1.82, 2.24) is 20.2 Å². The fourth-order valence-electron chi connectivity index (χ4n) is 2.01. The molecule has 0 bridgehead atoms. The van der Waals surface area contributed by atoms with Crippen molar-refractivity contribution in [2.45, 2.75) is 6.92 Å². The number of hydrogen-bond donors (Lipinski definition) is 1. The Morgan fingerprint density at radius 3 is 2.61 bits per heavy atom. The molecule has 0 unspecified atom stereocenters. The Balaban J connectivity index is 1.88. The molecule has 2 aromatic carbocycles. The molecule has 0 saturated heterocycles. The van der Waals surface area contributed by atoms with Crippen LogP contribution in [-0.4, -0.2) is 26.1 Å². The van der Waals surface area contributed by atoms with Gasteiger partial charge in [0.25, 0.3) is 5.91 Å². The summed E-state index contributed by atoms with van der Waals surface area (Å²) < 4.78 is 16.3. The fraction of sp³-hybridized carbons (Fsp3) is 0.0667. The standard InChI is InChI=1S/C15H11FIN5O/c1-9-19-20-21-22(9)14-8-12(6-7-13(14)16)18-15(23)10-2-4-11(17)5-3-10/h2-8H,1H3,(H,18,23). The number of aromatic nitrogens is 4. The third-order valence-electron chi connectivity index (χ3n) is 3.16. The second-order valence-corrected chi connectivity index (χ2v) is 6.01. The van der Waals surface area contributed by atoms with Crippen LogP contribution in [0.4, 0.5) is 10.1 Å². The average molecular weight is 423 g/mol. The zero-order valence-corrected chi connectivity index (χ0v) is 14.2. The van der Waals surface area contributed by atoms with Gasteiger partial charge in [-0.25, -0.2) is 4.39 Å². The monoisotopic (exact) mass is 423 g/mol. The Labute approximate surface area is 144 Å². The molecule has 1 amide bonds. The third kappa shape index (κ3) is 3.36. The lowest BCUT2D eigenvalue weighted by Gasteiger charge is -2.09. The first-order valence-electron chi connectivity index (χ1n) is 6.66. The van der Waals surface area contributed by atoms with E-state index in [9.17, 15) is 9.18 Å². The molecule has 0 aliphatic carbocycles. The molecular weight excluding hydrogens is 412 g/mol. The zero-order valence-electron chi connectivity index (χ0n) is 12.0. The number of nitrogens with zero attached hydrogens (tertiary/aromatic N) is 4. The maximum atomic E-state index is 14.0. The lowest BCUT2D eigenvalue weighted by Crippen LogP contribution is -2.12. The van der Waals surface area contributed by atoms with Gasteiger partial charge in [-0.15, -0.1) is 5.10 Å². The van der Waals surface area contributed by atoms with Crippen molar-refractivity contribution in [3.63, 3.8) is 0 Å². The molecule has 3 rings (SSSR count). The van der Waals surface area contributed by atoms with Crippen molar-refractivity contribution in [3.05, 3.63) is 63.2 Å². The maximum Gasteiger partial charge on any atom is 0.255 e. The van der Waals surface area contributed by atoms with E-state index < -0.39 is 5.82 Å². The summed E-state index contributed by atoms with van der Waals surface area (Å²) >= 11 is 2.17. The van der Waals surface area contributed by atoms with Gasteiger partial charge in [-0.1, -0.05) is 0 Å². The number of anilines is 1. The zero-order chi connectivity index (χ0) is 16.4. The van der Waals surface area contributed by atoms with Gasteiger partial charge in [0.15, 0.2) is 5.82 Å². The van der Waals surface area contributed by atoms with Crippen molar-refractivity contribution in [2.24, 2.45) is 0 Å². The molecule has 3 aromatic rings. The quantitative estimate of drug-likeness (QED) is 0.658. The molecule has 8 heteroatoms. The number of tetrazole rings is 1. The van der Waals surface area contributed by atoms with Crippen LogP contribution in [0.2, 0.25) is 0 Å². The van der Waals surface area contributed by atoms with Crippen LogP contribution < -0.4 is 5.32 Å². The summed E-state index contributed by atoms with van der Waals surface area (Å²) in [7, 11) is 0. The number of halogens is 2. The molecule has 6 nitrogen and oxygen atoms in total. The third-order valence-corrected chi connectivity index (χ3v) is 3.88. The Bertz CT molecular complexity index is 863. The first-order chi connectivity index (χ1) is 11.0. The SMILES string of the molecule is Cc1nnnn1-c1cc(NC(=O)c2ccc(I)cc2)ccc1F. The highest BCUT2D eigenvalue weighted by molar-refractivity contribution is 14.1. The number of amides is 1. The van der Waals surface area contributed by atoms with Crippen molar-refractivity contribution in [3.8, 4) is 5.69 Å². The molecule has 0 saturated carbocycles. The minimum Gasteiger partial charge on any atom is -0.322 e. The molecule has 116 valence electrons. The summed E-state index contributed by atoms with van der Waals surface area (Å²) in [4.78, 5) is 12.2. The largest absolute Gasteiger partial charge is 0.322 e. The molecule has 23 heavy (non-hydrogen) atoms. The van der Waals surface area contributed by atoms with Crippen molar-refractivity contribution in [1.29, 1.82) is 0 Å². The number of aryl methyl sites for hydroxylation is 1. The fourth-order valence-corrected chi connectivity index (χ4v) is 2.37. The molecule has 0 spiro atoms. The minimum atomic E-state index is -0.479. The van der Waals surface area contributed by atoms with Gasteiger partial charge in [0.05, 0.1) is 0 Å². The Hall–Kier alpha value is -2.36. The van der Waals surface area contributed by atoms with Crippen molar-refractivity contribution in [2.75, 3.05) is 5.32 Å². The van der Waals surface area contributed by atoms with Crippen LogP contribution in [0.3, 0.4) is 0 Å². The Morgan fingerprint density at radius 2 is 1.96 bits per heavy atom. The number of hydrogen-bond acceptors (Lipinski definition) is 4. The lowest BCUT2D eigenvalue weighted by molar-refractivity contribution is 0.102. The van der Waals surface area contributed by atoms with Crippen LogP contribution >= 0.6 is 22.6 Å². The maximum absolute atomic E-state index is 14.0. The van der Waals surface area contributed by atoms with E-state index in [2.05, 4.69) is 43.4 Å². The number of carbonyl (C=O) groups is 1. The number of carbonyl (C=O) groups excluding carboxylic acids is 1. The first-order valence-corrected chi connectivity index (χ1v) is 7.74. The van der Waals surface area contributed by atoms with Crippen LogP contribution in [0.15, 0.2) is 42.5 Å². The first kappa shape index (κ1) is 15.5. The molecule has 1 heterocycles. The van der Waals surface area contributed by atoms with Gasteiger partial charge in [-0.05, 0) is 82.4 Å². The van der Waals surface area contributed by atoms with Crippen molar-refractivity contribution < 1.29 is 9.18 Å². The molecule has 0 atom stereocenters. The van der Waals surface area contributed by atoms with Gasteiger partial charge in [-0.2, -0.15) is 4.68 Å². The van der Waals surface area contributed by atoms with E-state index in [1.54, 1.807) is 19.1 Å². The molecule has 0 fully saturated rings. The van der Waals surface area contributed by atoms with Crippen LogP contribution in [0, 0.1) is 16.3 Å². The highest BCUT2D eigenvalue weighted by atomic mass is 127. The predicted molar refractivity (Wildman–Crippen MR) is 91.0 cm³/mol. The molecule has 0 radical (unpaired) electrons. The summed E-state index contributed by atoms with van der Waals surface area (Å²) in [5.74, 6) is -0.301. The van der Waals surface area contributed by atoms with Gasteiger partial charge < -0.3 is 5.32 Å². The lowest BCUT2D eigenvalue weighted by atomic mass is 10.2. The smallest absolute Gasteiger partial charge is 0.255 e. The van der Waals surface area contributed by atoms with Crippen molar-refractivity contribution >= 4 is 34.2 Å². The normalized spacial score (nSPS) is 10.6. The van der Waals surface area contributed by atoms with Gasteiger partial charge in [-0.3, -0.25) is 4.79 Å². The van der Waals surface area contributed by atoms with E-state index in [1.165, 1.54) is 22.9 Å². The Morgan fingerprint density at radius 1 is 1.22 bits per heavy atom. The molecule has 1 aromatic heterocycles. The number of benzene rings is 2. The summed E-state index contributed by atoms with van der Waals surface area (Å²) in [6.45, 7) is 1.66. The van der Waals surface area contributed by atoms with E-state index >= 15 is 0 Å². The van der Waals surface area contributed by atoms with Gasteiger partial charge in [0.2, 0.25) is 0 Å².